The molecule has 0 aliphatic carbocycles. The number of rotatable bonds is 4. The summed E-state index contributed by atoms with van der Waals surface area (Å²) in [5, 5.41) is 3.17. The van der Waals surface area contributed by atoms with E-state index in [9.17, 15) is 13.2 Å². The van der Waals surface area contributed by atoms with E-state index in [1.165, 1.54) is 28.6 Å². The number of carbonyl (C=O) groups is 1. The Hall–Kier alpha value is -1.96. The van der Waals surface area contributed by atoms with Crippen LogP contribution in [-0.4, -0.2) is 36.2 Å². The van der Waals surface area contributed by atoms with Crippen LogP contribution in [0.4, 0.5) is 5.82 Å². The third-order valence-electron chi connectivity index (χ3n) is 4.09. The van der Waals surface area contributed by atoms with Gasteiger partial charge in [-0.25, -0.2) is 13.4 Å². The molecule has 1 atom stereocenters. The van der Waals surface area contributed by atoms with Gasteiger partial charge in [-0.3, -0.25) is 4.79 Å². The van der Waals surface area contributed by atoms with E-state index in [1.807, 2.05) is 13.0 Å². The highest BCUT2D eigenvalue weighted by molar-refractivity contribution is 7.89. The molecule has 132 valence electrons. The van der Waals surface area contributed by atoms with Gasteiger partial charge in [-0.1, -0.05) is 11.6 Å². The number of nitrogens with zero attached hydrogens (tertiary/aromatic N) is 2. The van der Waals surface area contributed by atoms with Gasteiger partial charge in [0.2, 0.25) is 15.9 Å². The first-order chi connectivity index (χ1) is 11.9. The number of hydrogen-bond donors (Lipinski definition) is 1. The van der Waals surface area contributed by atoms with Gasteiger partial charge in [0.25, 0.3) is 0 Å². The Bertz CT molecular complexity index is 884. The lowest BCUT2D eigenvalue weighted by Gasteiger charge is -2.23. The molecule has 1 aromatic carbocycles. The standard InChI is InChI=1S/C17H18ClN3O3S/c1-12-8-9-19-16(11-12)20-17(22)15-3-2-10-21(15)25(23,24)14-6-4-13(18)5-7-14/h4-9,11,15H,2-3,10H2,1H3,(H,19,20,22). The molecule has 1 saturated heterocycles. The quantitative estimate of drug-likeness (QED) is 0.885. The van der Waals surface area contributed by atoms with Crippen molar-refractivity contribution < 1.29 is 13.2 Å². The Labute approximate surface area is 151 Å². The fourth-order valence-electron chi connectivity index (χ4n) is 2.85. The summed E-state index contributed by atoms with van der Waals surface area (Å²) < 4.78 is 27.0. The van der Waals surface area contributed by atoms with Crippen LogP contribution >= 0.6 is 11.6 Å². The van der Waals surface area contributed by atoms with Gasteiger partial charge < -0.3 is 5.32 Å². The molecule has 1 amide bonds. The maximum absolute atomic E-state index is 12.9. The third kappa shape index (κ3) is 3.84. The topological polar surface area (TPSA) is 79.4 Å². The van der Waals surface area contributed by atoms with Crippen LogP contribution in [0.25, 0.3) is 0 Å². The molecule has 0 saturated carbocycles. The van der Waals surface area contributed by atoms with E-state index >= 15 is 0 Å². The Morgan fingerprint density at radius 3 is 2.68 bits per heavy atom. The molecule has 0 radical (unpaired) electrons. The highest BCUT2D eigenvalue weighted by Gasteiger charge is 2.39. The summed E-state index contributed by atoms with van der Waals surface area (Å²) in [6, 6.07) is 8.77. The van der Waals surface area contributed by atoms with Gasteiger partial charge in [0.15, 0.2) is 0 Å². The van der Waals surface area contributed by atoms with Gasteiger partial charge in [-0.2, -0.15) is 4.31 Å². The molecule has 6 nitrogen and oxygen atoms in total. The fraction of sp³-hybridized carbons (Fsp3) is 0.294. The predicted octanol–water partition coefficient (Wildman–Crippen LogP) is 2.84. The smallest absolute Gasteiger partial charge is 0.243 e. The van der Waals surface area contributed by atoms with E-state index < -0.39 is 16.1 Å². The Kier molecular flexibility index (Phi) is 5.08. The van der Waals surface area contributed by atoms with Crippen molar-refractivity contribution in [2.45, 2.75) is 30.7 Å². The minimum absolute atomic E-state index is 0.130. The van der Waals surface area contributed by atoms with E-state index in [4.69, 9.17) is 11.6 Å². The molecule has 1 N–H and O–H groups in total. The molecule has 25 heavy (non-hydrogen) atoms. The lowest BCUT2D eigenvalue weighted by atomic mass is 10.2. The Morgan fingerprint density at radius 2 is 2.00 bits per heavy atom. The number of aryl methyl sites for hydroxylation is 1. The zero-order valence-electron chi connectivity index (χ0n) is 13.6. The lowest BCUT2D eigenvalue weighted by molar-refractivity contribution is -0.119. The van der Waals surface area contributed by atoms with Gasteiger partial charge in [0, 0.05) is 17.8 Å². The van der Waals surface area contributed by atoms with E-state index in [0.29, 0.717) is 30.2 Å². The Morgan fingerprint density at radius 1 is 1.28 bits per heavy atom. The van der Waals surface area contributed by atoms with Crippen LogP contribution in [0, 0.1) is 6.92 Å². The molecule has 1 aliphatic heterocycles. The zero-order valence-corrected chi connectivity index (χ0v) is 15.2. The number of aromatic nitrogens is 1. The van der Waals surface area contributed by atoms with Crippen molar-refractivity contribution in [1.29, 1.82) is 0 Å². The summed E-state index contributed by atoms with van der Waals surface area (Å²) in [6.07, 6.45) is 2.71. The van der Waals surface area contributed by atoms with Crippen molar-refractivity contribution in [2.24, 2.45) is 0 Å². The largest absolute Gasteiger partial charge is 0.309 e. The average molecular weight is 380 g/mol. The number of amides is 1. The SMILES string of the molecule is Cc1ccnc(NC(=O)C2CCCN2S(=O)(=O)c2ccc(Cl)cc2)c1. The number of carbonyl (C=O) groups excluding carboxylic acids is 1. The number of hydrogen-bond acceptors (Lipinski definition) is 4. The van der Waals surface area contributed by atoms with Gasteiger partial charge in [0.05, 0.1) is 4.90 Å². The molecule has 1 aromatic heterocycles. The summed E-state index contributed by atoms with van der Waals surface area (Å²) in [7, 11) is -3.76. The van der Waals surface area contributed by atoms with Crippen LogP contribution in [0.5, 0.6) is 0 Å². The molecule has 0 bridgehead atoms. The molecular weight excluding hydrogens is 362 g/mol. The number of benzene rings is 1. The molecular formula is C17H18ClN3O3S. The van der Waals surface area contributed by atoms with Crippen molar-refractivity contribution in [3.63, 3.8) is 0 Å². The molecule has 8 heteroatoms. The minimum atomic E-state index is -3.76. The average Bonchev–Trinajstić information content (AvgIpc) is 3.06. The minimum Gasteiger partial charge on any atom is -0.309 e. The van der Waals surface area contributed by atoms with Crippen LogP contribution in [-0.2, 0) is 14.8 Å². The van der Waals surface area contributed by atoms with E-state index in [0.717, 1.165) is 5.56 Å². The molecule has 1 unspecified atom stereocenters. The molecule has 0 spiro atoms. The van der Waals surface area contributed by atoms with Gasteiger partial charge in [0.1, 0.15) is 11.9 Å². The van der Waals surface area contributed by atoms with Gasteiger partial charge >= 0.3 is 0 Å². The number of sulfonamides is 1. The highest BCUT2D eigenvalue weighted by atomic mass is 35.5. The first-order valence-electron chi connectivity index (χ1n) is 7.89. The maximum atomic E-state index is 12.9. The second-order valence-electron chi connectivity index (χ2n) is 5.94. The van der Waals surface area contributed by atoms with Crippen LogP contribution in [0.3, 0.4) is 0 Å². The summed E-state index contributed by atoms with van der Waals surface area (Å²) in [6.45, 7) is 2.20. The molecule has 2 heterocycles. The number of halogens is 1. The third-order valence-corrected chi connectivity index (χ3v) is 6.27. The Balaban J connectivity index is 1.82. The first-order valence-corrected chi connectivity index (χ1v) is 9.71. The highest BCUT2D eigenvalue weighted by Crippen LogP contribution is 2.27. The number of nitrogens with one attached hydrogen (secondary N) is 1. The van der Waals surface area contributed by atoms with Crippen molar-refractivity contribution in [3.8, 4) is 0 Å². The van der Waals surface area contributed by atoms with Crippen LogP contribution in [0.2, 0.25) is 5.02 Å². The van der Waals surface area contributed by atoms with Crippen molar-refractivity contribution in [2.75, 3.05) is 11.9 Å². The lowest BCUT2D eigenvalue weighted by Crippen LogP contribution is -2.43. The van der Waals surface area contributed by atoms with Crippen LogP contribution in [0.1, 0.15) is 18.4 Å². The predicted molar refractivity (Wildman–Crippen MR) is 96.0 cm³/mol. The first kappa shape index (κ1) is 17.8. The fourth-order valence-corrected chi connectivity index (χ4v) is 4.63. The molecule has 1 aliphatic rings. The van der Waals surface area contributed by atoms with Crippen molar-refractivity contribution in [3.05, 3.63) is 53.2 Å². The van der Waals surface area contributed by atoms with Crippen molar-refractivity contribution >= 4 is 33.3 Å². The van der Waals surface area contributed by atoms with Gasteiger partial charge in [-0.05, 0) is 61.7 Å². The zero-order chi connectivity index (χ0) is 18.0. The van der Waals surface area contributed by atoms with Crippen LogP contribution in [0.15, 0.2) is 47.5 Å². The number of pyridine rings is 1. The summed E-state index contributed by atoms with van der Waals surface area (Å²) >= 11 is 5.82. The summed E-state index contributed by atoms with van der Waals surface area (Å²) in [5.41, 5.74) is 0.961. The normalized spacial score (nSPS) is 18.2. The van der Waals surface area contributed by atoms with E-state index in [-0.39, 0.29) is 10.8 Å². The molecule has 1 fully saturated rings. The summed E-state index contributed by atoms with van der Waals surface area (Å²) in [5.74, 6) is 0.0499. The van der Waals surface area contributed by atoms with E-state index in [1.54, 1.807) is 12.3 Å². The second kappa shape index (κ2) is 7.11. The molecule has 3 rings (SSSR count). The second-order valence-corrected chi connectivity index (χ2v) is 8.26. The monoisotopic (exact) mass is 379 g/mol. The summed E-state index contributed by atoms with van der Waals surface area (Å²) in [4.78, 5) is 16.8. The van der Waals surface area contributed by atoms with E-state index in [2.05, 4.69) is 10.3 Å². The maximum Gasteiger partial charge on any atom is 0.243 e. The van der Waals surface area contributed by atoms with Crippen molar-refractivity contribution in [1.82, 2.24) is 9.29 Å². The number of anilines is 1. The molecule has 2 aromatic rings. The van der Waals surface area contributed by atoms with Gasteiger partial charge in [-0.15, -0.1) is 0 Å². The van der Waals surface area contributed by atoms with Crippen LogP contribution < -0.4 is 5.32 Å².